The zero-order valence-electron chi connectivity index (χ0n) is 9.74. The fourth-order valence-electron chi connectivity index (χ4n) is 1.93. The summed E-state index contributed by atoms with van der Waals surface area (Å²) in [6, 6.07) is 5.22. The molecule has 0 amide bonds. The van der Waals surface area contributed by atoms with Gasteiger partial charge >= 0.3 is 0 Å². The molecule has 1 aliphatic heterocycles. The third kappa shape index (κ3) is 2.65. The van der Waals surface area contributed by atoms with Crippen LogP contribution in [-0.2, 0) is 4.74 Å². The molecule has 2 unspecified atom stereocenters. The molecule has 2 rings (SSSR count). The van der Waals surface area contributed by atoms with Crippen LogP contribution < -0.4 is 11.1 Å². The number of hydrogen-bond acceptors (Lipinski definition) is 4. The Kier molecular flexibility index (Phi) is 3.47. The summed E-state index contributed by atoms with van der Waals surface area (Å²) in [5.41, 5.74) is 6.34. The van der Waals surface area contributed by atoms with E-state index in [4.69, 9.17) is 22.1 Å². The van der Waals surface area contributed by atoms with E-state index in [1.54, 1.807) is 18.2 Å². The van der Waals surface area contributed by atoms with Crippen LogP contribution >= 0.6 is 11.6 Å². The van der Waals surface area contributed by atoms with Crippen LogP contribution in [0.1, 0.15) is 13.3 Å². The maximum absolute atomic E-state index is 10.3. The van der Waals surface area contributed by atoms with Crippen LogP contribution in [0.4, 0.5) is 11.4 Å². The van der Waals surface area contributed by atoms with Gasteiger partial charge in [-0.3, -0.25) is 0 Å². The summed E-state index contributed by atoms with van der Waals surface area (Å²) in [4.78, 5) is 0. The lowest BCUT2D eigenvalue weighted by Crippen LogP contribution is -2.43. The van der Waals surface area contributed by atoms with E-state index in [0.29, 0.717) is 30.3 Å². The molecule has 0 bridgehead atoms. The fourth-order valence-corrected chi connectivity index (χ4v) is 2.10. The minimum absolute atomic E-state index is 0.171. The zero-order chi connectivity index (χ0) is 12.5. The largest absolute Gasteiger partial charge is 0.397 e. The second-order valence-corrected chi connectivity index (χ2v) is 4.89. The minimum Gasteiger partial charge on any atom is -0.397 e. The van der Waals surface area contributed by atoms with Crippen molar-refractivity contribution in [3.8, 4) is 0 Å². The molecular formula is C12H17ClN2O2. The van der Waals surface area contributed by atoms with E-state index in [1.807, 2.05) is 6.92 Å². The number of anilines is 2. The van der Waals surface area contributed by atoms with Gasteiger partial charge in [0.2, 0.25) is 0 Å². The summed E-state index contributed by atoms with van der Waals surface area (Å²) in [5.74, 6) is 0. The number of nitrogen functional groups attached to an aromatic ring is 1. The van der Waals surface area contributed by atoms with Crippen LogP contribution in [0.2, 0.25) is 5.02 Å². The summed E-state index contributed by atoms with van der Waals surface area (Å²) >= 11 is 5.89. The predicted molar refractivity (Wildman–Crippen MR) is 69.3 cm³/mol. The number of halogens is 1. The molecule has 0 radical (unpaired) electrons. The molecule has 94 valence electrons. The van der Waals surface area contributed by atoms with Gasteiger partial charge in [-0.05, 0) is 25.1 Å². The number of ether oxygens (including phenoxy) is 1. The SMILES string of the molecule is CC1OCCC1(O)CNc1cc(Cl)ccc1N. The average Bonchev–Trinajstić information content (AvgIpc) is 2.61. The summed E-state index contributed by atoms with van der Waals surface area (Å²) in [6.07, 6.45) is 0.456. The van der Waals surface area contributed by atoms with E-state index in [0.717, 1.165) is 5.69 Å². The highest BCUT2D eigenvalue weighted by Crippen LogP contribution is 2.28. The highest BCUT2D eigenvalue weighted by Gasteiger charge is 2.39. The standard InChI is InChI=1S/C12H17ClN2O2/c1-8-12(16,4-5-17-8)7-15-11-6-9(13)2-3-10(11)14/h2-3,6,8,15-16H,4-5,7,14H2,1H3. The molecule has 2 atom stereocenters. The van der Waals surface area contributed by atoms with Gasteiger partial charge in [-0.2, -0.15) is 0 Å². The topological polar surface area (TPSA) is 67.5 Å². The number of rotatable bonds is 3. The Labute approximate surface area is 106 Å². The Balaban J connectivity index is 2.04. The average molecular weight is 257 g/mol. The number of hydrogen-bond donors (Lipinski definition) is 3. The Hall–Kier alpha value is -0.970. The van der Waals surface area contributed by atoms with Gasteiger partial charge in [-0.15, -0.1) is 0 Å². The second-order valence-electron chi connectivity index (χ2n) is 4.45. The molecule has 1 aromatic carbocycles. The first-order valence-corrected chi connectivity index (χ1v) is 6.02. The van der Waals surface area contributed by atoms with E-state index in [-0.39, 0.29) is 6.10 Å². The first-order chi connectivity index (χ1) is 8.01. The van der Waals surface area contributed by atoms with Gasteiger partial charge in [-0.25, -0.2) is 0 Å². The van der Waals surface area contributed by atoms with Crippen molar-refractivity contribution in [2.45, 2.75) is 25.0 Å². The molecule has 1 aromatic rings. The molecule has 17 heavy (non-hydrogen) atoms. The Morgan fingerprint density at radius 3 is 3.06 bits per heavy atom. The van der Waals surface area contributed by atoms with Gasteiger partial charge in [0.15, 0.2) is 0 Å². The van der Waals surface area contributed by atoms with Gasteiger partial charge < -0.3 is 20.9 Å². The van der Waals surface area contributed by atoms with E-state index in [1.165, 1.54) is 0 Å². The second kappa shape index (κ2) is 4.72. The molecule has 4 nitrogen and oxygen atoms in total. The number of aliphatic hydroxyl groups is 1. The third-order valence-corrected chi connectivity index (χ3v) is 3.49. The quantitative estimate of drug-likeness (QED) is 0.723. The van der Waals surface area contributed by atoms with Crippen molar-refractivity contribution < 1.29 is 9.84 Å². The Morgan fingerprint density at radius 1 is 1.65 bits per heavy atom. The predicted octanol–water partition coefficient (Wildman–Crippen LogP) is 1.87. The van der Waals surface area contributed by atoms with E-state index in [2.05, 4.69) is 5.32 Å². The Bertz CT molecular complexity index is 413. The van der Waals surface area contributed by atoms with Gasteiger partial charge in [0, 0.05) is 24.6 Å². The normalized spacial score (nSPS) is 28.3. The molecule has 1 fully saturated rings. The van der Waals surface area contributed by atoms with Crippen molar-refractivity contribution in [1.29, 1.82) is 0 Å². The van der Waals surface area contributed by atoms with Gasteiger partial charge in [0.25, 0.3) is 0 Å². The van der Waals surface area contributed by atoms with Crippen LogP contribution in [0, 0.1) is 0 Å². The first kappa shape index (κ1) is 12.5. The van der Waals surface area contributed by atoms with Crippen molar-refractivity contribution in [3.63, 3.8) is 0 Å². The fraction of sp³-hybridized carbons (Fsp3) is 0.500. The molecule has 1 aliphatic rings. The molecular weight excluding hydrogens is 240 g/mol. The summed E-state index contributed by atoms with van der Waals surface area (Å²) in [5, 5.41) is 14.1. The summed E-state index contributed by atoms with van der Waals surface area (Å²) in [6.45, 7) is 2.86. The molecule has 5 heteroatoms. The number of nitrogens with one attached hydrogen (secondary N) is 1. The number of benzene rings is 1. The molecule has 0 aliphatic carbocycles. The van der Waals surface area contributed by atoms with Gasteiger partial charge in [0.05, 0.1) is 17.5 Å². The van der Waals surface area contributed by atoms with Crippen molar-refractivity contribution in [2.75, 3.05) is 24.2 Å². The molecule has 0 spiro atoms. The molecule has 0 saturated carbocycles. The van der Waals surface area contributed by atoms with Crippen molar-refractivity contribution in [1.82, 2.24) is 0 Å². The van der Waals surface area contributed by atoms with Crippen LogP contribution in [0.5, 0.6) is 0 Å². The lowest BCUT2D eigenvalue weighted by atomic mass is 9.96. The molecule has 1 heterocycles. The maximum Gasteiger partial charge on any atom is 0.110 e. The molecule has 1 saturated heterocycles. The lowest BCUT2D eigenvalue weighted by Gasteiger charge is -2.27. The van der Waals surface area contributed by atoms with E-state index >= 15 is 0 Å². The smallest absolute Gasteiger partial charge is 0.110 e. The van der Waals surface area contributed by atoms with Crippen molar-refractivity contribution in [3.05, 3.63) is 23.2 Å². The van der Waals surface area contributed by atoms with Crippen LogP contribution in [0.25, 0.3) is 0 Å². The van der Waals surface area contributed by atoms with Gasteiger partial charge in [0.1, 0.15) is 5.60 Å². The maximum atomic E-state index is 10.3. The number of nitrogens with two attached hydrogens (primary N) is 1. The highest BCUT2D eigenvalue weighted by molar-refractivity contribution is 6.31. The minimum atomic E-state index is -0.839. The van der Waals surface area contributed by atoms with Crippen LogP contribution in [0.3, 0.4) is 0 Å². The lowest BCUT2D eigenvalue weighted by molar-refractivity contribution is -0.0175. The monoisotopic (exact) mass is 256 g/mol. The van der Waals surface area contributed by atoms with E-state index < -0.39 is 5.60 Å². The summed E-state index contributed by atoms with van der Waals surface area (Å²) < 4.78 is 5.36. The molecule has 4 N–H and O–H groups in total. The van der Waals surface area contributed by atoms with Crippen LogP contribution in [-0.4, -0.2) is 30.0 Å². The van der Waals surface area contributed by atoms with Gasteiger partial charge in [-0.1, -0.05) is 11.6 Å². The first-order valence-electron chi connectivity index (χ1n) is 5.64. The van der Waals surface area contributed by atoms with Crippen molar-refractivity contribution in [2.24, 2.45) is 0 Å². The Morgan fingerprint density at radius 2 is 2.41 bits per heavy atom. The third-order valence-electron chi connectivity index (χ3n) is 3.26. The zero-order valence-corrected chi connectivity index (χ0v) is 10.5. The van der Waals surface area contributed by atoms with E-state index in [9.17, 15) is 5.11 Å². The van der Waals surface area contributed by atoms with Crippen molar-refractivity contribution >= 4 is 23.0 Å². The van der Waals surface area contributed by atoms with Crippen LogP contribution in [0.15, 0.2) is 18.2 Å². The molecule has 0 aromatic heterocycles. The summed E-state index contributed by atoms with van der Waals surface area (Å²) in [7, 11) is 0. The highest BCUT2D eigenvalue weighted by atomic mass is 35.5.